The van der Waals surface area contributed by atoms with Crippen molar-refractivity contribution in [1.82, 2.24) is 9.80 Å². The molecule has 0 aromatic rings. The van der Waals surface area contributed by atoms with Crippen molar-refractivity contribution in [1.29, 1.82) is 0 Å². The van der Waals surface area contributed by atoms with E-state index in [9.17, 15) is 4.79 Å². The highest BCUT2D eigenvalue weighted by Crippen LogP contribution is 2.21. The van der Waals surface area contributed by atoms with Gasteiger partial charge >= 0.3 is 0 Å². The van der Waals surface area contributed by atoms with E-state index < -0.39 is 0 Å². The Kier molecular flexibility index (Phi) is 2.28. The lowest BCUT2D eigenvalue weighted by atomic mass is 10.2. The molecule has 0 aromatic carbocycles. The lowest BCUT2D eigenvalue weighted by Gasteiger charge is -2.36. The van der Waals surface area contributed by atoms with Crippen LogP contribution >= 0.6 is 12.6 Å². The van der Waals surface area contributed by atoms with E-state index in [-0.39, 0.29) is 5.24 Å². The molecule has 0 spiro atoms. The number of hydrogen-bond donors (Lipinski definition) is 1. The van der Waals surface area contributed by atoms with Crippen LogP contribution in [0.3, 0.4) is 0 Å². The average Bonchev–Trinajstić information content (AvgIpc) is 2.49. The maximum atomic E-state index is 11.0. The molecule has 2 aliphatic rings. The Balaban J connectivity index is 1.96. The number of nitrogens with zero attached hydrogens (tertiary/aromatic N) is 2. The fourth-order valence-electron chi connectivity index (χ4n) is 2.16. The summed E-state index contributed by atoms with van der Waals surface area (Å²) >= 11 is 3.84. The van der Waals surface area contributed by atoms with Crippen LogP contribution in [-0.4, -0.2) is 47.3 Å². The van der Waals surface area contributed by atoms with Gasteiger partial charge in [0.2, 0.25) is 0 Å². The van der Waals surface area contributed by atoms with E-state index in [4.69, 9.17) is 0 Å². The topological polar surface area (TPSA) is 23.6 Å². The molecule has 0 N–H and O–H groups in total. The van der Waals surface area contributed by atoms with Crippen molar-refractivity contribution in [3.8, 4) is 0 Å². The van der Waals surface area contributed by atoms with Crippen molar-refractivity contribution in [2.45, 2.75) is 18.9 Å². The minimum absolute atomic E-state index is 0.0680. The summed E-state index contributed by atoms with van der Waals surface area (Å²) in [5.74, 6) is 0. The van der Waals surface area contributed by atoms with Crippen molar-refractivity contribution in [3.05, 3.63) is 0 Å². The van der Waals surface area contributed by atoms with Crippen LogP contribution < -0.4 is 0 Å². The molecule has 0 saturated carbocycles. The van der Waals surface area contributed by atoms with Gasteiger partial charge in [-0.1, -0.05) is 12.6 Å². The van der Waals surface area contributed by atoms with Crippen molar-refractivity contribution in [3.63, 3.8) is 0 Å². The zero-order valence-electron chi connectivity index (χ0n) is 7.07. The van der Waals surface area contributed by atoms with Crippen LogP contribution in [-0.2, 0) is 0 Å². The van der Waals surface area contributed by atoms with Gasteiger partial charge in [0.05, 0.1) is 0 Å². The van der Waals surface area contributed by atoms with Crippen LogP contribution in [0, 0.1) is 0 Å². The van der Waals surface area contributed by atoms with Crippen molar-refractivity contribution in [2.24, 2.45) is 0 Å². The normalized spacial score (nSPS) is 30.4. The molecule has 2 heterocycles. The lowest BCUT2D eigenvalue weighted by molar-refractivity contribution is 0.130. The van der Waals surface area contributed by atoms with Crippen LogP contribution in [0.5, 0.6) is 0 Å². The van der Waals surface area contributed by atoms with E-state index in [1.165, 1.54) is 19.4 Å². The summed E-state index contributed by atoms with van der Waals surface area (Å²) in [5.41, 5.74) is 0. The Hall–Kier alpha value is -0.220. The van der Waals surface area contributed by atoms with E-state index in [0.717, 1.165) is 19.6 Å². The monoisotopic (exact) mass is 186 g/mol. The van der Waals surface area contributed by atoms with Gasteiger partial charge in [0, 0.05) is 25.7 Å². The maximum absolute atomic E-state index is 11.0. The molecule has 0 aliphatic carbocycles. The Labute approximate surface area is 78.1 Å². The first-order chi connectivity index (χ1) is 5.77. The number of rotatable bonds is 0. The third-order valence-corrected chi connectivity index (χ3v) is 3.14. The fourth-order valence-corrected chi connectivity index (χ4v) is 2.35. The van der Waals surface area contributed by atoms with Crippen LogP contribution in [0.15, 0.2) is 0 Å². The molecular weight excluding hydrogens is 172 g/mol. The van der Waals surface area contributed by atoms with Gasteiger partial charge in [-0.15, -0.1) is 0 Å². The van der Waals surface area contributed by atoms with Gasteiger partial charge in [0.25, 0.3) is 5.24 Å². The molecule has 0 bridgehead atoms. The summed E-state index contributed by atoms with van der Waals surface area (Å²) in [4.78, 5) is 15.3. The summed E-state index contributed by atoms with van der Waals surface area (Å²) in [7, 11) is 0. The van der Waals surface area contributed by atoms with Crippen molar-refractivity contribution in [2.75, 3.05) is 26.2 Å². The second kappa shape index (κ2) is 3.26. The largest absolute Gasteiger partial charge is 0.331 e. The van der Waals surface area contributed by atoms with E-state index in [1.54, 1.807) is 0 Å². The van der Waals surface area contributed by atoms with Gasteiger partial charge in [-0.3, -0.25) is 9.69 Å². The van der Waals surface area contributed by atoms with Gasteiger partial charge in [0.15, 0.2) is 0 Å². The molecule has 3 nitrogen and oxygen atoms in total. The number of amides is 1. The first-order valence-corrected chi connectivity index (χ1v) is 4.94. The molecule has 2 fully saturated rings. The molecule has 1 unspecified atom stereocenters. The summed E-state index contributed by atoms with van der Waals surface area (Å²) in [6, 6.07) is 0.620. The minimum Gasteiger partial charge on any atom is -0.331 e. The SMILES string of the molecule is O=C(S)N1CCN2CCCC2C1. The highest BCUT2D eigenvalue weighted by atomic mass is 32.1. The number of thiol groups is 1. The number of fused-ring (bicyclic) bond motifs is 1. The summed E-state index contributed by atoms with van der Waals surface area (Å²) in [5, 5.41) is -0.0680. The van der Waals surface area contributed by atoms with E-state index in [2.05, 4.69) is 17.5 Å². The van der Waals surface area contributed by atoms with Crippen LogP contribution in [0.25, 0.3) is 0 Å². The molecule has 12 heavy (non-hydrogen) atoms. The third-order valence-electron chi connectivity index (χ3n) is 2.86. The predicted octanol–water partition coefficient (Wildman–Crippen LogP) is 0.816. The zero-order valence-corrected chi connectivity index (χ0v) is 7.96. The molecule has 1 atom stereocenters. The molecule has 1 amide bonds. The van der Waals surface area contributed by atoms with Crippen molar-refractivity contribution >= 4 is 17.9 Å². The Bertz CT molecular complexity index is 197. The number of piperazine rings is 1. The molecule has 2 aliphatic heterocycles. The first-order valence-electron chi connectivity index (χ1n) is 4.49. The van der Waals surface area contributed by atoms with Gasteiger partial charge in [-0.2, -0.15) is 0 Å². The summed E-state index contributed by atoms with van der Waals surface area (Å²) in [6.07, 6.45) is 2.54. The van der Waals surface area contributed by atoms with Crippen LogP contribution in [0.1, 0.15) is 12.8 Å². The minimum atomic E-state index is -0.0680. The molecule has 4 heteroatoms. The quantitative estimate of drug-likeness (QED) is 0.566. The average molecular weight is 186 g/mol. The highest BCUT2D eigenvalue weighted by Gasteiger charge is 2.31. The van der Waals surface area contributed by atoms with Gasteiger partial charge in [0.1, 0.15) is 0 Å². The molecule has 2 saturated heterocycles. The second-order valence-electron chi connectivity index (χ2n) is 3.56. The highest BCUT2D eigenvalue weighted by molar-refractivity contribution is 7.96. The van der Waals surface area contributed by atoms with Crippen LogP contribution in [0.4, 0.5) is 4.79 Å². The molecular formula is C8H14N2OS. The smallest absolute Gasteiger partial charge is 0.278 e. The molecule has 0 aromatic heterocycles. The lowest BCUT2D eigenvalue weighted by Crippen LogP contribution is -2.50. The maximum Gasteiger partial charge on any atom is 0.278 e. The zero-order chi connectivity index (χ0) is 8.55. The summed E-state index contributed by atoms with van der Waals surface area (Å²) in [6.45, 7) is 4.01. The fraction of sp³-hybridized carbons (Fsp3) is 0.875. The van der Waals surface area contributed by atoms with E-state index >= 15 is 0 Å². The third kappa shape index (κ3) is 1.45. The van der Waals surface area contributed by atoms with E-state index in [1.807, 2.05) is 4.90 Å². The van der Waals surface area contributed by atoms with Gasteiger partial charge in [-0.25, -0.2) is 0 Å². The van der Waals surface area contributed by atoms with Crippen LogP contribution in [0.2, 0.25) is 0 Å². The number of hydrogen-bond acceptors (Lipinski definition) is 2. The van der Waals surface area contributed by atoms with Gasteiger partial charge < -0.3 is 4.90 Å². The first kappa shape index (κ1) is 8.38. The Morgan fingerprint density at radius 1 is 1.33 bits per heavy atom. The van der Waals surface area contributed by atoms with E-state index in [0.29, 0.717) is 6.04 Å². The van der Waals surface area contributed by atoms with Gasteiger partial charge in [-0.05, 0) is 19.4 Å². The molecule has 0 radical (unpaired) electrons. The second-order valence-corrected chi connectivity index (χ2v) is 3.94. The molecule has 68 valence electrons. The molecule has 2 rings (SSSR count). The standard InChI is InChI=1S/C8H14N2OS/c11-8(12)10-5-4-9-3-1-2-7(9)6-10/h7H,1-6H2,(H,11,12). The Morgan fingerprint density at radius 3 is 2.92 bits per heavy atom. The summed E-state index contributed by atoms with van der Waals surface area (Å²) < 4.78 is 0. The number of carbonyl (C=O) groups is 1. The predicted molar refractivity (Wildman–Crippen MR) is 50.6 cm³/mol. The Morgan fingerprint density at radius 2 is 2.17 bits per heavy atom. The van der Waals surface area contributed by atoms with Crippen molar-refractivity contribution < 1.29 is 4.79 Å². The number of carbonyl (C=O) groups excluding carboxylic acids is 1.